The van der Waals surface area contributed by atoms with Gasteiger partial charge in [-0.05, 0) is 56.4 Å². The van der Waals surface area contributed by atoms with Crippen LogP contribution in [0.4, 0.5) is 0 Å². The van der Waals surface area contributed by atoms with E-state index in [0.717, 1.165) is 5.56 Å². The Hall–Kier alpha value is -2.83. The SMILES string of the molecule is CSCCC(NC(=O)C(N)Cc1ccc(O)cc1)C(=O)NC(C(=O)NC(C)C(=O)O)C(C)O. The van der Waals surface area contributed by atoms with Crippen molar-refractivity contribution in [3.63, 3.8) is 0 Å². The van der Waals surface area contributed by atoms with Crippen molar-refractivity contribution in [2.45, 2.75) is 57.0 Å². The fraction of sp³-hybridized carbons (Fsp3) is 0.524. The number of carboxylic acid groups (broad SMARTS) is 1. The molecule has 0 radical (unpaired) electrons. The van der Waals surface area contributed by atoms with Crippen molar-refractivity contribution in [1.82, 2.24) is 16.0 Å². The van der Waals surface area contributed by atoms with Gasteiger partial charge >= 0.3 is 5.97 Å². The first kappa shape index (κ1) is 28.2. The van der Waals surface area contributed by atoms with Crippen molar-refractivity contribution in [2.75, 3.05) is 12.0 Å². The minimum Gasteiger partial charge on any atom is -0.508 e. The number of carbonyl (C=O) groups excluding carboxylic acids is 3. The van der Waals surface area contributed by atoms with Gasteiger partial charge in [0.1, 0.15) is 23.9 Å². The van der Waals surface area contributed by atoms with E-state index >= 15 is 0 Å². The number of hydrogen-bond acceptors (Lipinski definition) is 8. The molecule has 3 amide bonds. The van der Waals surface area contributed by atoms with Crippen LogP contribution < -0.4 is 21.7 Å². The van der Waals surface area contributed by atoms with Gasteiger partial charge < -0.3 is 37.0 Å². The molecule has 0 aliphatic carbocycles. The second-order valence-corrected chi connectivity index (χ2v) is 8.60. The Balaban J connectivity index is 2.85. The molecule has 0 aromatic heterocycles. The molecule has 11 nitrogen and oxygen atoms in total. The van der Waals surface area contributed by atoms with E-state index in [2.05, 4.69) is 16.0 Å². The molecule has 0 aliphatic heterocycles. The Morgan fingerprint density at radius 2 is 1.61 bits per heavy atom. The first-order valence-corrected chi connectivity index (χ1v) is 11.7. The average Bonchev–Trinajstić information content (AvgIpc) is 2.75. The number of aliphatic hydroxyl groups excluding tert-OH is 1. The topological polar surface area (TPSA) is 191 Å². The average molecular weight is 485 g/mol. The molecule has 0 bridgehead atoms. The normalized spacial score (nSPS) is 15.4. The van der Waals surface area contributed by atoms with Crippen LogP contribution in [0, 0.1) is 0 Å². The molecule has 5 unspecified atom stereocenters. The van der Waals surface area contributed by atoms with E-state index in [9.17, 15) is 29.4 Å². The van der Waals surface area contributed by atoms with Gasteiger partial charge in [0.25, 0.3) is 0 Å². The largest absolute Gasteiger partial charge is 0.508 e. The molecule has 5 atom stereocenters. The summed E-state index contributed by atoms with van der Waals surface area (Å²) in [5.41, 5.74) is 6.70. The first-order chi connectivity index (χ1) is 15.5. The van der Waals surface area contributed by atoms with Crippen LogP contribution in [0.15, 0.2) is 24.3 Å². The van der Waals surface area contributed by atoms with Crippen LogP contribution in [0.25, 0.3) is 0 Å². The van der Waals surface area contributed by atoms with E-state index < -0.39 is 54.0 Å². The van der Waals surface area contributed by atoms with E-state index in [1.54, 1.807) is 12.1 Å². The second kappa shape index (κ2) is 13.7. The number of carboxylic acids is 1. The van der Waals surface area contributed by atoms with Crippen LogP contribution in [-0.2, 0) is 25.6 Å². The highest BCUT2D eigenvalue weighted by Crippen LogP contribution is 2.11. The molecule has 0 heterocycles. The molecule has 0 saturated carbocycles. The third-order valence-corrected chi connectivity index (χ3v) is 5.41. The van der Waals surface area contributed by atoms with Gasteiger partial charge in [0, 0.05) is 0 Å². The summed E-state index contributed by atoms with van der Waals surface area (Å²) in [7, 11) is 0. The standard InChI is InChI=1S/C21H32N4O7S/c1-11(21(31)32)23-20(30)17(12(2)26)25-19(29)16(8-9-33-3)24-18(28)15(22)10-13-4-6-14(27)7-5-13/h4-7,11-12,15-17,26-27H,8-10,22H2,1-3H3,(H,23,30)(H,24,28)(H,25,29)(H,31,32). The smallest absolute Gasteiger partial charge is 0.325 e. The molecule has 1 aromatic rings. The van der Waals surface area contributed by atoms with Crippen molar-refractivity contribution in [3.05, 3.63) is 29.8 Å². The van der Waals surface area contributed by atoms with Gasteiger partial charge in [0.15, 0.2) is 0 Å². The van der Waals surface area contributed by atoms with Crippen molar-refractivity contribution in [2.24, 2.45) is 5.73 Å². The predicted molar refractivity (Wildman–Crippen MR) is 124 cm³/mol. The van der Waals surface area contributed by atoms with E-state index in [0.29, 0.717) is 5.75 Å². The quantitative estimate of drug-likeness (QED) is 0.183. The zero-order chi connectivity index (χ0) is 25.1. The molecule has 1 rings (SSSR count). The fourth-order valence-electron chi connectivity index (χ4n) is 2.79. The number of amides is 3. The number of benzene rings is 1. The van der Waals surface area contributed by atoms with Crippen molar-refractivity contribution < 1.29 is 34.5 Å². The molecule has 184 valence electrons. The van der Waals surface area contributed by atoms with Gasteiger partial charge in [0.2, 0.25) is 17.7 Å². The van der Waals surface area contributed by atoms with Crippen LogP contribution in [0.3, 0.4) is 0 Å². The van der Waals surface area contributed by atoms with Crippen LogP contribution in [0.5, 0.6) is 5.75 Å². The molecule has 12 heteroatoms. The lowest BCUT2D eigenvalue weighted by Gasteiger charge is -2.26. The maximum Gasteiger partial charge on any atom is 0.325 e. The summed E-state index contributed by atoms with van der Waals surface area (Å²) >= 11 is 1.45. The number of phenols is 1. The molecule has 1 aromatic carbocycles. The lowest BCUT2D eigenvalue weighted by atomic mass is 10.0. The Labute approximate surface area is 196 Å². The third kappa shape index (κ3) is 9.68. The minimum absolute atomic E-state index is 0.0834. The summed E-state index contributed by atoms with van der Waals surface area (Å²) in [5.74, 6) is -2.83. The molecular weight excluding hydrogens is 452 g/mol. The van der Waals surface area contributed by atoms with Gasteiger partial charge in [0.05, 0.1) is 12.1 Å². The summed E-state index contributed by atoms with van der Waals surface area (Å²) < 4.78 is 0. The highest BCUT2D eigenvalue weighted by atomic mass is 32.2. The van der Waals surface area contributed by atoms with E-state index in [4.69, 9.17) is 10.8 Å². The number of aromatic hydroxyl groups is 1. The molecule has 0 saturated heterocycles. The number of aliphatic hydroxyl groups is 1. The number of carbonyl (C=O) groups is 4. The highest BCUT2D eigenvalue weighted by Gasteiger charge is 2.31. The maximum absolute atomic E-state index is 12.8. The second-order valence-electron chi connectivity index (χ2n) is 7.62. The van der Waals surface area contributed by atoms with Crippen molar-refractivity contribution in [3.8, 4) is 5.75 Å². The van der Waals surface area contributed by atoms with E-state index in [1.807, 2.05) is 6.26 Å². The van der Waals surface area contributed by atoms with Crippen LogP contribution in [0.2, 0.25) is 0 Å². The number of hydrogen-bond donors (Lipinski definition) is 7. The van der Waals surface area contributed by atoms with Gasteiger partial charge in [-0.1, -0.05) is 12.1 Å². The molecule has 0 aliphatic rings. The lowest BCUT2D eigenvalue weighted by Crippen LogP contribution is -2.59. The number of rotatable bonds is 13. The minimum atomic E-state index is -1.42. The summed E-state index contributed by atoms with van der Waals surface area (Å²) in [6.45, 7) is 2.52. The Bertz CT molecular complexity index is 819. The summed E-state index contributed by atoms with van der Waals surface area (Å²) in [5, 5.41) is 35.4. The molecule has 8 N–H and O–H groups in total. The van der Waals surface area contributed by atoms with Crippen LogP contribution in [0.1, 0.15) is 25.8 Å². The monoisotopic (exact) mass is 484 g/mol. The van der Waals surface area contributed by atoms with Crippen molar-refractivity contribution >= 4 is 35.5 Å². The predicted octanol–water partition coefficient (Wildman–Crippen LogP) is -1.05. The number of thioether (sulfide) groups is 1. The number of aliphatic carboxylic acids is 1. The Morgan fingerprint density at radius 3 is 2.12 bits per heavy atom. The number of nitrogens with one attached hydrogen (secondary N) is 3. The van der Waals surface area contributed by atoms with E-state index in [1.165, 1.54) is 37.7 Å². The molecule has 0 fully saturated rings. The van der Waals surface area contributed by atoms with Gasteiger partial charge in [-0.15, -0.1) is 0 Å². The zero-order valence-electron chi connectivity index (χ0n) is 18.8. The summed E-state index contributed by atoms with van der Waals surface area (Å²) in [4.78, 5) is 48.8. The Morgan fingerprint density at radius 1 is 1.00 bits per heavy atom. The zero-order valence-corrected chi connectivity index (χ0v) is 19.6. The lowest BCUT2D eigenvalue weighted by molar-refractivity contribution is -0.142. The first-order valence-electron chi connectivity index (χ1n) is 10.3. The van der Waals surface area contributed by atoms with Crippen molar-refractivity contribution in [1.29, 1.82) is 0 Å². The molecule has 0 spiro atoms. The maximum atomic E-state index is 12.8. The summed E-state index contributed by atoms with van der Waals surface area (Å²) in [6, 6.07) is 1.57. The highest BCUT2D eigenvalue weighted by molar-refractivity contribution is 7.98. The summed E-state index contributed by atoms with van der Waals surface area (Å²) in [6.07, 6.45) is 0.926. The molecular formula is C21H32N4O7S. The molecule has 33 heavy (non-hydrogen) atoms. The fourth-order valence-corrected chi connectivity index (χ4v) is 3.26. The van der Waals surface area contributed by atoms with Gasteiger partial charge in [-0.2, -0.15) is 11.8 Å². The Kier molecular flexibility index (Phi) is 11.7. The number of phenolic OH excluding ortho intramolecular Hbond substituents is 1. The van der Waals surface area contributed by atoms with E-state index in [-0.39, 0.29) is 18.6 Å². The number of nitrogens with two attached hydrogens (primary N) is 1. The van der Waals surface area contributed by atoms with Gasteiger partial charge in [-0.25, -0.2) is 0 Å². The van der Waals surface area contributed by atoms with Gasteiger partial charge in [-0.3, -0.25) is 19.2 Å². The van der Waals surface area contributed by atoms with Crippen LogP contribution >= 0.6 is 11.8 Å². The third-order valence-electron chi connectivity index (χ3n) is 4.76. The van der Waals surface area contributed by atoms with Crippen LogP contribution in [-0.4, -0.2) is 81.3 Å².